The van der Waals surface area contributed by atoms with Gasteiger partial charge in [-0.15, -0.1) is 11.3 Å². The van der Waals surface area contributed by atoms with E-state index in [0.29, 0.717) is 37.6 Å². The number of rotatable bonds is 5. The molecule has 0 N–H and O–H groups in total. The monoisotopic (exact) mass is 470 g/mol. The lowest BCUT2D eigenvalue weighted by Crippen LogP contribution is -2.46. The fourth-order valence-corrected chi connectivity index (χ4v) is 5.67. The Labute approximate surface area is 199 Å². The van der Waals surface area contributed by atoms with Crippen LogP contribution in [0.1, 0.15) is 16.2 Å². The molecule has 0 saturated carbocycles. The Hall–Kier alpha value is -3.91. The SMILES string of the molecule is Cc1cn(-c2ccc3n(c2=O)CCN(CCOc2cccc4sc5ccccc5c24)C3=O)cn1. The molecule has 7 nitrogen and oxygen atoms in total. The molecule has 4 heterocycles. The Morgan fingerprint density at radius 2 is 1.85 bits per heavy atom. The van der Waals surface area contributed by atoms with E-state index in [2.05, 4.69) is 23.2 Å². The maximum absolute atomic E-state index is 13.1. The van der Waals surface area contributed by atoms with E-state index in [4.69, 9.17) is 4.74 Å². The van der Waals surface area contributed by atoms with Crippen LogP contribution in [0.2, 0.25) is 0 Å². The average molecular weight is 471 g/mol. The normalized spacial score (nSPS) is 13.6. The van der Waals surface area contributed by atoms with Gasteiger partial charge in [0, 0.05) is 39.5 Å². The Kier molecular flexibility index (Phi) is 4.95. The largest absolute Gasteiger partial charge is 0.491 e. The highest BCUT2D eigenvalue weighted by Gasteiger charge is 2.26. The molecule has 0 bridgehead atoms. The van der Waals surface area contributed by atoms with Crippen molar-refractivity contribution < 1.29 is 9.53 Å². The number of aryl methyl sites for hydroxylation is 1. The molecular formula is C26H22N4O3S. The summed E-state index contributed by atoms with van der Waals surface area (Å²) in [5, 5.41) is 2.30. The highest BCUT2D eigenvalue weighted by Crippen LogP contribution is 2.39. The van der Waals surface area contributed by atoms with Gasteiger partial charge in [-0.2, -0.15) is 0 Å². The van der Waals surface area contributed by atoms with E-state index in [9.17, 15) is 9.59 Å². The topological polar surface area (TPSA) is 69.4 Å². The van der Waals surface area contributed by atoms with Crippen LogP contribution in [0, 0.1) is 6.92 Å². The van der Waals surface area contributed by atoms with Gasteiger partial charge < -0.3 is 18.8 Å². The fraction of sp³-hybridized carbons (Fsp3) is 0.192. The zero-order chi connectivity index (χ0) is 23.2. The molecule has 5 aromatic rings. The van der Waals surface area contributed by atoms with E-state index in [0.717, 1.165) is 16.8 Å². The minimum absolute atomic E-state index is 0.153. The fourth-order valence-electron chi connectivity index (χ4n) is 4.55. The van der Waals surface area contributed by atoms with Gasteiger partial charge in [0.15, 0.2) is 0 Å². The third kappa shape index (κ3) is 3.38. The van der Waals surface area contributed by atoms with Gasteiger partial charge in [0.05, 0.1) is 18.6 Å². The van der Waals surface area contributed by atoms with E-state index in [1.807, 2.05) is 31.2 Å². The van der Waals surface area contributed by atoms with E-state index < -0.39 is 0 Å². The van der Waals surface area contributed by atoms with Crippen LogP contribution in [0.5, 0.6) is 5.75 Å². The second-order valence-corrected chi connectivity index (χ2v) is 9.43. The standard InChI is InChI=1S/C26H22N4O3S/c1-17-15-29(16-27-17)19-9-10-20-25(31)28(11-12-30(20)26(19)32)13-14-33-21-6-4-8-23-24(21)18-5-2-3-7-22(18)34-23/h2-10,15-16H,11-14H2,1H3. The highest BCUT2D eigenvalue weighted by atomic mass is 32.1. The summed E-state index contributed by atoms with van der Waals surface area (Å²) >= 11 is 1.75. The first kappa shape index (κ1) is 20.7. The molecule has 0 radical (unpaired) electrons. The molecule has 3 aromatic heterocycles. The van der Waals surface area contributed by atoms with Crippen molar-refractivity contribution in [3.05, 3.63) is 88.9 Å². The maximum atomic E-state index is 13.1. The van der Waals surface area contributed by atoms with Crippen LogP contribution in [-0.4, -0.2) is 44.6 Å². The second-order valence-electron chi connectivity index (χ2n) is 8.35. The number of ether oxygens (including phenoxy) is 1. The predicted octanol–water partition coefficient (Wildman–Crippen LogP) is 4.25. The van der Waals surface area contributed by atoms with Crippen molar-refractivity contribution in [3.63, 3.8) is 0 Å². The average Bonchev–Trinajstić information content (AvgIpc) is 3.44. The van der Waals surface area contributed by atoms with Gasteiger partial charge in [-0.05, 0) is 37.3 Å². The van der Waals surface area contributed by atoms with Crippen LogP contribution in [0.15, 0.2) is 71.9 Å². The summed E-state index contributed by atoms with van der Waals surface area (Å²) in [5.41, 5.74) is 1.54. The van der Waals surface area contributed by atoms with Crippen molar-refractivity contribution in [2.24, 2.45) is 0 Å². The first-order valence-corrected chi connectivity index (χ1v) is 12.0. The number of carbonyl (C=O) groups is 1. The molecule has 34 heavy (non-hydrogen) atoms. The van der Waals surface area contributed by atoms with Crippen LogP contribution in [-0.2, 0) is 6.54 Å². The van der Waals surface area contributed by atoms with Crippen LogP contribution in [0.25, 0.3) is 25.9 Å². The summed E-state index contributed by atoms with van der Waals surface area (Å²) in [6, 6.07) is 17.8. The van der Waals surface area contributed by atoms with Gasteiger partial charge in [0.1, 0.15) is 23.7 Å². The molecule has 0 unspecified atom stereocenters. The third-order valence-corrected chi connectivity index (χ3v) is 7.36. The van der Waals surface area contributed by atoms with Crippen molar-refractivity contribution in [2.45, 2.75) is 13.5 Å². The minimum atomic E-state index is -0.185. The zero-order valence-electron chi connectivity index (χ0n) is 18.6. The number of hydrogen-bond donors (Lipinski definition) is 0. The van der Waals surface area contributed by atoms with Crippen molar-refractivity contribution >= 4 is 37.4 Å². The summed E-state index contributed by atoms with van der Waals surface area (Å²) in [7, 11) is 0. The summed E-state index contributed by atoms with van der Waals surface area (Å²) in [4.78, 5) is 32.0. The number of pyridine rings is 1. The van der Waals surface area contributed by atoms with Gasteiger partial charge >= 0.3 is 0 Å². The number of hydrogen-bond acceptors (Lipinski definition) is 5. The van der Waals surface area contributed by atoms with E-state index in [1.54, 1.807) is 50.0 Å². The van der Waals surface area contributed by atoms with Crippen molar-refractivity contribution in [1.82, 2.24) is 19.0 Å². The first-order chi connectivity index (χ1) is 16.6. The van der Waals surface area contributed by atoms with Crippen molar-refractivity contribution in [3.8, 4) is 11.4 Å². The van der Waals surface area contributed by atoms with Gasteiger partial charge in [0.2, 0.25) is 0 Å². The van der Waals surface area contributed by atoms with E-state index in [1.165, 1.54) is 14.8 Å². The van der Waals surface area contributed by atoms with Crippen LogP contribution >= 0.6 is 11.3 Å². The number of imidazole rings is 1. The number of fused-ring (bicyclic) bond motifs is 4. The first-order valence-electron chi connectivity index (χ1n) is 11.2. The maximum Gasteiger partial charge on any atom is 0.275 e. The summed E-state index contributed by atoms with van der Waals surface area (Å²) in [5.74, 6) is 0.677. The van der Waals surface area contributed by atoms with Gasteiger partial charge in [0.25, 0.3) is 11.5 Å². The molecule has 0 spiro atoms. The molecule has 8 heteroatoms. The van der Waals surface area contributed by atoms with Crippen molar-refractivity contribution in [2.75, 3.05) is 19.7 Å². The van der Waals surface area contributed by atoms with Crippen LogP contribution in [0.4, 0.5) is 0 Å². The Balaban J connectivity index is 1.20. The molecule has 0 fully saturated rings. The number of carbonyl (C=O) groups excluding carboxylic acids is 1. The molecule has 0 atom stereocenters. The molecule has 170 valence electrons. The number of amides is 1. The van der Waals surface area contributed by atoms with Crippen LogP contribution in [0.3, 0.4) is 0 Å². The molecular weight excluding hydrogens is 448 g/mol. The molecule has 0 saturated heterocycles. The Morgan fingerprint density at radius 3 is 2.71 bits per heavy atom. The van der Waals surface area contributed by atoms with Gasteiger partial charge in [-0.1, -0.05) is 24.3 Å². The smallest absolute Gasteiger partial charge is 0.275 e. The molecule has 6 rings (SSSR count). The zero-order valence-corrected chi connectivity index (χ0v) is 19.4. The molecule has 1 aliphatic rings. The van der Waals surface area contributed by atoms with E-state index >= 15 is 0 Å². The summed E-state index contributed by atoms with van der Waals surface area (Å²) < 4.78 is 11.8. The van der Waals surface area contributed by atoms with Gasteiger partial charge in [-0.25, -0.2) is 4.98 Å². The second kappa shape index (κ2) is 8.14. The van der Waals surface area contributed by atoms with Gasteiger partial charge in [-0.3, -0.25) is 9.59 Å². The lowest BCUT2D eigenvalue weighted by atomic mass is 10.1. The molecule has 1 amide bonds. The summed E-state index contributed by atoms with van der Waals surface area (Å²) in [6.07, 6.45) is 3.42. The number of nitrogens with zero attached hydrogens (tertiary/aromatic N) is 4. The quantitative estimate of drug-likeness (QED) is 0.385. The molecule has 2 aromatic carbocycles. The lowest BCUT2D eigenvalue weighted by Gasteiger charge is -2.29. The van der Waals surface area contributed by atoms with E-state index in [-0.39, 0.29) is 11.5 Å². The minimum Gasteiger partial charge on any atom is -0.491 e. The van der Waals surface area contributed by atoms with Crippen molar-refractivity contribution in [1.29, 1.82) is 0 Å². The molecule has 1 aliphatic heterocycles. The highest BCUT2D eigenvalue weighted by molar-refractivity contribution is 7.25. The predicted molar refractivity (Wildman–Crippen MR) is 133 cm³/mol. The lowest BCUT2D eigenvalue weighted by molar-refractivity contribution is 0.0673. The summed E-state index contributed by atoms with van der Waals surface area (Å²) in [6.45, 7) is 3.62. The Morgan fingerprint density at radius 1 is 1.00 bits per heavy atom. The Bertz CT molecular complexity index is 1610. The number of thiophene rings is 1. The molecule has 0 aliphatic carbocycles. The third-order valence-electron chi connectivity index (χ3n) is 6.23. The number of benzene rings is 2. The van der Waals surface area contributed by atoms with Crippen LogP contribution < -0.4 is 10.3 Å². The number of aromatic nitrogens is 3.